The van der Waals surface area contributed by atoms with Gasteiger partial charge in [0.1, 0.15) is 11.6 Å². The molecule has 0 saturated heterocycles. The van der Waals surface area contributed by atoms with Crippen molar-refractivity contribution in [1.82, 2.24) is 14.9 Å². The first-order valence-corrected chi connectivity index (χ1v) is 11.2. The van der Waals surface area contributed by atoms with Gasteiger partial charge in [0.2, 0.25) is 5.91 Å². The van der Waals surface area contributed by atoms with Crippen molar-refractivity contribution in [3.05, 3.63) is 95.3 Å². The summed E-state index contributed by atoms with van der Waals surface area (Å²) in [4.78, 5) is 17.1. The maximum absolute atomic E-state index is 12.3. The van der Waals surface area contributed by atoms with Crippen molar-refractivity contribution < 1.29 is 9.53 Å². The Kier molecular flexibility index (Phi) is 7.41. The highest BCUT2D eigenvalue weighted by molar-refractivity contribution is 6.30. The first-order valence-electron chi connectivity index (χ1n) is 10.8. The van der Waals surface area contributed by atoms with Crippen LogP contribution in [0, 0.1) is 0 Å². The van der Waals surface area contributed by atoms with Crippen LogP contribution in [0.3, 0.4) is 0 Å². The fourth-order valence-electron chi connectivity index (χ4n) is 3.66. The SMILES string of the molecule is O=C(Cc1ccc(Cl)cc1)NCCc1nc2ccccc2n1CCCOc1ccccc1. The molecule has 0 bridgehead atoms. The predicted octanol–water partition coefficient (Wildman–Crippen LogP) is 5.06. The number of carbonyl (C=O) groups is 1. The number of aryl methyl sites for hydroxylation is 1. The van der Waals surface area contributed by atoms with Gasteiger partial charge in [0, 0.05) is 24.5 Å². The molecule has 0 aliphatic rings. The summed E-state index contributed by atoms with van der Waals surface area (Å²) in [5, 5.41) is 3.67. The Bertz CT molecular complexity index is 1160. The number of halogens is 1. The number of fused-ring (bicyclic) bond motifs is 1. The van der Waals surface area contributed by atoms with Gasteiger partial charge in [-0.25, -0.2) is 4.98 Å². The monoisotopic (exact) mass is 447 g/mol. The number of nitrogens with one attached hydrogen (secondary N) is 1. The van der Waals surface area contributed by atoms with Gasteiger partial charge in [0.15, 0.2) is 0 Å². The Morgan fingerprint density at radius 3 is 2.53 bits per heavy atom. The fraction of sp³-hybridized carbons (Fsp3) is 0.231. The average Bonchev–Trinajstić information content (AvgIpc) is 3.16. The van der Waals surface area contributed by atoms with E-state index in [-0.39, 0.29) is 5.91 Å². The molecule has 0 atom stereocenters. The molecule has 0 unspecified atom stereocenters. The molecule has 0 fully saturated rings. The van der Waals surface area contributed by atoms with E-state index in [4.69, 9.17) is 21.3 Å². The lowest BCUT2D eigenvalue weighted by Crippen LogP contribution is -2.28. The van der Waals surface area contributed by atoms with E-state index in [9.17, 15) is 4.79 Å². The van der Waals surface area contributed by atoms with Crippen molar-refractivity contribution in [2.75, 3.05) is 13.2 Å². The van der Waals surface area contributed by atoms with Gasteiger partial charge in [-0.1, -0.05) is 54.1 Å². The minimum absolute atomic E-state index is 0.00811. The molecule has 0 spiro atoms. The standard InChI is InChI=1S/C26H26ClN3O2/c27-21-13-11-20(12-14-21)19-26(31)28-16-15-25-29-23-9-4-5-10-24(23)30(25)17-6-18-32-22-7-2-1-3-8-22/h1-5,7-14H,6,15-19H2,(H,28,31). The number of ether oxygens (including phenoxy) is 1. The zero-order valence-corrected chi connectivity index (χ0v) is 18.6. The van der Waals surface area contributed by atoms with Gasteiger partial charge in [-0.05, 0) is 48.4 Å². The van der Waals surface area contributed by atoms with Crippen LogP contribution < -0.4 is 10.1 Å². The van der Waals surface area contributed by atoms with Crippen LogP contribution in [0.15, 0.2) is 78.9 Å². The van der Waals surface area contributed by atoms with E-state index >= 15 is 0 Å². The molecule has 1 N–H and O–H groups in total. The third-order valence-corrected chi connectivity index (χ3v) is 5.47. The summed E-state index contributed by atoms with van der Waals surface area (Å²) in [5.74, 6) is 1.84. The normalized spacial score (nSPS) is 10.9. The van der Waals surface area contributed by atoms with Crippen LogP contribution in [0.4, 0.5) is 0 Å². The lowest BCUT2D eigenvalue weighted by atomic mass is 10.1. The van der Waals surface area contributed by atoms with Crippen molar-refractivity contribution in [1.29, 1.82) is 0 Å². The molecule has 164 valence electrons. The number of nitrogens with zero attached hydrogens (tertiary/aromatic N) is 2. The third-order valence-electron chi connectivity index (χ3n) is 5.22. The van der Waals surface area contributed by atoms with E-state index < -0.39 is 0 Å². The molecule has 3 aromatic carbocycles. The van der Waals surface area contributed by atoms with Crippen molar-refractivity contribution in [3.8, 4) is 5.75 Å². The molecule has 0 saturated carbocycles. The third kappa shape index (κ3) is 5.89. The zero-order chi connectivity index (χ0) is 22.2. The summed E-state index contributed by atoms with van der Waals surface area (Å²) in [6, 6.07) is 25.3. The molecular formula is C26H26ClN3O2. The Morgan fingerprint density at radius 2 is 1.72 bits per heavy atom. The molecule has 6 heteroatoms. The number of carbonyl (C=O) groups excluding carboxylic acids is 1. The van der Waals surface area contributed by atoms with Crippen LogP contribution >= 0.6 is 11.6 Å². The van der Waals surface area contributed by atoms with Crippen molar-refractivity contribution >= 4 is 28.5 Å². The second-order valence-electron chi connectivity index (χ2n) is 7.59. The number of rotatable bonds is 10. The van der Waals surface area contributed by atoms with Crippen LogP contribution in [-0.4, -0.2) is 28.6 Å². The highest BCUT2D eigenvalue weighted by Crippen LogP contribution is 2.17. The van der Waals surface area contributed by atoms with Gasteiger partial charge in [0.25, 0.3) is 0 Å². The lowest BCUT2D eigenvalue weighted by Gasteiger charge is -2.11. The summed E-state index contributed by atoms with van der Waals surface area (Å²) in [6.45, 7) is 1.98. The van der Waals surface area contributed by atoms with E-state index in [0.717, 1.165) is 41.1 Å². The topological polar surface area (TPSA) is 56.2 Å². The number of hydrogen-bond donors (Lipinski definition) is 1. The number of aromatic nitrogens is 2. The summed E-state index contributed by atoms with van der Waals surface area (Å²) < 4.78 is 8.06. The number of benzene rings is 3. The first-order chi connectivity index (χ1) is 15.7. The Labute approximate surface area is 193 Å². The Balaban J connectivity index is 1.33. The van der Waals surface area contributed by atoms with Crippen LogP contribution in [0.1, 0.15) is 17.8 Å². The predicted molar refractivity (Wildman–Crippen MR) is 128 cm³/mol. The molecular weight excluding hydrogens is 422 g/mol. The summed E-state index contributed by atoms with van der Waals surface area (Å²) in [6.07, 6.45) is 1.87. The van der Waals surface area contributed by atoms with Crippen LogP contribution in [0.5, 0.6) is 5.75 Å². The molecule has 1 heterocycles. The van der Waals surface area contributed by atoms with Gasteiger partial charge in [-0.15, -0.1) is 0 Å². The van der Waals surface area contributed by atoms with Gasteiger partial charge in [0.05, 0.1) is 24.1 Å². The number of amides is 1. The highest BCUT2D eigenvalue weighted by Gasteiger charge is 2.11. The lowest BCUT2D eigenvalue weighted by molar-refractivity contribution is -0.120. The van der Waals surface area contributed by atoms with Crippen LogP contribution in [0.2, 0.25) is 5.02 Å². The molecule has 0 aliphatic heterocycles. The second-order valence-corrected chi connectivity index (χ2v) is 8.02. The Morgan fingerprint density at radius 1 is 0.969 bits per heavy atom. The average molecular weight is 448 g/mol. The smallest absolute Gasteiger partial charge is 0.224 e. The van der Waals surface area contributed by atoms with E-state index in [1.54, 1.807) is 12.1 Å². The maximum atomic E-state index is 12.3. The molecule has 0 aliphatic carbocycles. The van der Waals surface area contributed by atoms with Crippen LogP contribution in [0.25, 0.3) is 11.0 Å². The Hall–Kier alpha value is -3.31. The largest absolute Gasteiger partial charge is 0.494 e. The highest BCUT2D eigenvalue weighted by atomic mass is 35.5. The molecule has 5 nitrogen and oxygen atoms in total. The van der Waals surface area contributed by atoms with Gasteiger partial charge >= 0.3 is 0 Å². The van der Waals surface area contributed by atoms with Crippen molar-refractivity contribution in [2.45, 2.75) is 25.8 Å². The van der Waals surface area contributed by atoms with Crippen molar-refractivity contribution in [2.24, 2.45) is 0 Å². The molecule has 1 aromatic heterocycles. The fourth-order valence-corrected chi connectivity index (χ4v) is 3.79. The number of imidazole rings is 1. The van der Waals surface area contributed by atoms with E-state index in [2.05, 4.69) is 16.0 Å². The second kappa shape index (κ2) is 10.8. The van der Waals surface area contributed by atoms with E-state index in [0.29, 0.717) is 31.0 Å². The number of hydrogen-bond acceptors (Lipinski definition) is 3. The van der Waals surface area contributed by atoms with E-state index in [1.807, 2.05) is 60.7 Å². The quantitative estimate of drug-likeness (QED) is 0.346. The minimum Gasteiger partial charge on any atom is -0.494 e. The minimum atomic E-state index is -0.00811. The van der Waals surface area contributed by atoms with Crippen LogP contribution in [-0.2, 0) is 24.2 Å². The summed E-state index contributed by atoms with van der Waals surface area (Å²) in [5.41, 5.74) is 3.02. The van der Waals surface area contributed by atoms with E-state index in [1.165, 1.54) is 0 Å². The molecule has 1 amide bonds. The molecule has 0 radical (unpaired) electrons. The summed E-state index contributed by atoms with van der Waals surface area (Å²) in [7, 11) is 0. The maximum Gasteiger partial charge on any atom is 0.224 e. The zero-order valence-electron chi connectivity index (χ0n) is 17.8. The molecule has 4 rings (SSSR count). The first kappa shape index (κ1) is 21.9. The van der Waals surface area contributed by atoms with Gasteiger partial charge in [-0.2, -0.15) is 0 Å². The number of para-hydroxylation sites is 3. The van der Waals surface area contributed by atoms with Gasteiger partial charge < -0.3 is 14.6 Å². The summed E-state index contributed by atoms with van der Waals surface area (Å²) >= 11 is 5.91. The van der Waals surface area contributed by atoms with Crippen molar-refractivity contribution in [3.63, 3.8) is 0 Å². The van der Waals surface area contributed by atoms with Gasteiger partial charge in [-0.3, -0.25) is 4.79 Å². The molecule has 4 aromatic rings. The molecule has 32 heavy (non-hydrogen) atoms.